The topological polar surface area (TPSA) is 72.4 Å². The molecule has 0 aromatic heterocycles. The van der Waals surface area contributed by atoms with Crippen LogP contribution in [0.2, 0.25) is 0 Å². The van der Waals surface area contributed by atoms with Crippen molar-refractivity contribution in [2.24, 2.45) is 5.92 Å². The van der Waals surface area contributed by atoms with Gasteiger partial charge in [0.15, 0.2) is 0 Å². The van der Waals surface area contributed by atoms with E-state index in [4.69, 9.17) is 5.73 Å². The third kappa shape index (κ3) is 4.52. The molecule has 0 aliphatic rings. The predicted molar refractivity (Wildman–Crippen MR) is 77.9 cm³/mol. The number of nitrogen functional groups attached to an aromatic ring is 1. The molecule has 5 heteroatoms. The van der Waals surface area contributed by atoms with E-state index in [0.717, 1.165) is 12.1 Å². The molecule has 0 saturated heterocycles. The number of rotatable bonds is 6. The van der Waals surface area contributed by atoms with E-state index in [9.17, 15) is 10.1 Å². The summed E-state index contributed by atoms with van der Waals surface area (Å²) in [6.45, 7) is 10.3. The molecule has 1 aromatic carbocycles. The van der Waals surface area contributed by atoms with Crippen molar-refractivity contribution in [2.45, 2.75) is 40.3 Å². The monoisotopic (exact) mass is 265 g/mol. The van der Waals surface area contributed by atoms with Gasteiger partial charge in [-0.15, -0.1) is 0 Å². The standard InChI is InChI=1S/C14H23N3O2/c1-10(2)8-16(11(3)4)9-12-5-6-13(15)14(7-12)17(18)19/h5-7,10-11H,8-9,15H2,1-4H3. The Labute approximate surface area is 114 Å². The molecule has 2 N–H and O–H groups in total. The molecular weight excluding hydrogens is 242 g/mol. The zero-order valence-corrected chi connectivity index (χ0v) is 12.1. The first-order valence-corrected chi connectivity index (χ1v) is 6.58. The van der Waals surface area contributed by atoms with Crippen LogP contribution in [0.3, 0.4) is 0 Å². The van der Waals surface area contributed by atoms with Crippen molar-refractivity contribution in [3.05, 3.63) is 33.9 Å². The molecule has 0 aliphatic carbocycles. The van der Waals surface area contributed by atoms with Crippen molar-refractivity contribution in [1.29, 1.82) is 0 Å². The highest BCUT2D eigenvalue weighted by Gasteiger charge is 2.16. The van der Waals surface area contributed by atoms with E-state index in [2.05, 4.69) is 32.6 Å². The second kappa shape index (κ2) is 6.52. The average Bonchev–Trinajstić information content (AvgIpc) is 2.29. The maximum absolute atomic E-state index is 10.9. The molecule has 0 bridgehead atoms. The number of hydrogen-bond donors (Lipinski definition) is 1. The lowest BCUT2D eigenvalue weighted by molar-refractivity contribution is -0.384. The summed E-state index contributed by atoms with van der Waals surface area (Å²) >= 11 is 0. The second-order valence-corrected chi connectivity index (χ2v) is 5.57. The van der Waals surface area contributed by atoms with E-state index in [1.807, 2.05) is 6.07 Å². The molecule has 19 heavy (non-hydrogen) atoms. The van der Waals surface area contributed by atoms with Gasteiger partial charge >= 0.3 is 0 Å². The van der Waals surface area contributed by atoms with Gasteiger partial charge in [0.05, 0.1) is 4.92 Å². The summed E-state index contributed by atoms with van der Waals surface area (Å²) in [6.07, 6.45) is 0. The lowest BCUT2D eigenvalue weighted by Crippen LogP contribution is -2.33. The number of nitro benzene ring substituents is 1. The highest BCUT2D eigenvalue weighted by atomic mass is 16.6. The number of nitro groups is 1. The summed E-state index contributed by atoms with van der Waals surface area (Å²) in [5.41, 5.74) is 6.74. The van der Waals surface area contributed by atoms with Crippen LogP contribution in [-0.4, -0.2) is 22.4 Å². The van der Waals surface area contributed by atoms with Crippen molar-refractivity contribution >= 4 is 11.4 Å². The first-order chi connectivity index (χ1) is 8.81. The van der Waals surface area contributed by atoms with Gasteiger partial charge in [-0.25, -0.2) is 0 Å². The Bertz CT molecular complexity index is 444. The van der Waals surface area contributed by atoms with E-state index >= 15 is 0 Å². The van der Waals surface area contributed by atoms with Crippen LogP contribution in [0, 0.1) is 16.0 Å². The van der Waals surface area contributed by atoms with Gasteiger partial charge < -0.3 is 5.73 Å². The zero-order valence-electron chi connectivity index (χ0n) is 12.1. The SMILES string of the molecule is CC(C)CN(Cc1ccc(N)c([N+](=O)[O-])c1)C(C)C. The van der Waals surface area contributed by atoms with Crippen molar-refractivity contribution in [3.63, 3.8) is 0 Å². The minimum Gasteiger partial charge on any atom is -0.393 e. The summed E-state index contributed by atoms with van der Waals surface area (Å²) in [5.74, 6) is 0.561. The Kier molecular flexibility index (Phi) is 5.30. The van der Waals surface area contributed by atoms with Gasteiger partial charge in [-0.1, -0.05) is 19.9 Å². The normalized spacial score (nSPS) is 11.5. The molecular formula is C14H23N3O2. The fourth-order valence-corrected chi connectivity index (χ4v) is 2.01. The summed E-state index contributed by atoms with van der Waals surface area (Å²) in [4.78, 5) is 12.8. The zero-order chi connectivity index (χ0) is 14.6. The highest BCUT2D eigenvalue weighted by molar-refractivity contribution is 5.59. The van der Waals surface area contributed by atoms with Crippen molar-refractivity contribution in [3.8, 4) is 0 Å². The van der Waals surface area contributed by atoms with Crippen LogP contribution in [0.4, 0.5) is 11.4 Å². The van der Waals surface area contributed by atoms with E-state index in [1.165, 1.54) is 0 Å². The van der Waals surface area contributed by atoms with Gasteiger partial charge in [0.25, 0.3) is 5.69 Å². The van der Waals surface area contributed by atoms with Crippen LogP contribution >= 0.6 is 0 Å². The molecule has 0 spiro atoms. The maximum atomic E-state index is 10.9. The summed E-state index contributed by atoms with van der Waals surface area (Å²) < 4.78 is 0. The van der Waals surface area contributed by atoms with E-state index in [-0.39, 0.29) is 11.4 Å². The number of hydrogen-bond acceptors (Lipinski definition) is 4. The van der Waals surface area contributed by atoms with Crippen LogP contribution < -0.4 is 5.73 Å². The van der Waals surface area contributed by atoms with Gasteiger partial charge in [-0.3, -0.25) is 15.0 Å². The van der Waals surface area contributed by atoms with Crippen molar-refractivity contribution in [1.82, 2.24) is 4.90 Å². The van der Waals surface area contributed by atoms with Crippen molar-refractivity contribution in [2.75, 3.05) is 12.3 Å². The average molecular weight is 265 g/mol. The van der Waals surface area contributed by atoms with E-state index in [0.29, 0.717) is 18.5 Å². The molecule has 0 amide bonds. The van der Waals surface area contributed by atoms with Crippen molar-refractivity contribution < 1.29 is 4.92 Å². The number of nitrogens with zero attached hydrogens (tertiary/aromatic N) is 2. The number of nitrogens with two attached hydrogens (primary N) is 1. The fraction of sp³-hybridized carbons (Fsp3) is 0.571. The fourth-order valence-electron chi connectivity index (χ4n) is 2.01. The van der Waals surface area contributed by atoms with Crippen LogP contribution in [0.1, 0.15) is 33.3 Å². The molecule has 0 unspecified atom stereocenters. The largest absolute Gasteiger partial charge is 0.393 e. The lowest BCUT2D eigenvalue weighted by atomic mass is 10.1. The second-order valence-electron chi connectivity index (χ2n) is 5.57. The molecule has 0 atom stereocenters. The minimum atomic E-state index is -0.430. The van der Waals surface area contributed by atoms with Crippen LogP contribution in [-0.2, 0) is 6.54 Å². The Hall–Kier alpha value is -1.62. The van der Waals surface area contributed by atoms with Gasteiger partial charge in [0.2, 0.25) is 0 Å². The first kappa shape index (κ1) is 15.4. The number of anilines is 1. The maximum Gasteiger partial charge on any atom is 0.292 e. The Morgan fingerprint density at radius 2 is 1.95 bits per heavy atom. The minimum absolute atomic E-state index is 0.00856. The van der Waals surface area contributed by atoms with E-state index < -0.39 is 4.92 Å². The highest BCUT2D eigenvalue weighted by Crippen LogP contribution is 2.23. The van der Waals surface area contributed by atoms with Gasteiger partial charge in [0, 0.05) is 25.2 Å². The third-order valence-corrected chi connectivity index (χ3v) is 3.01. The smallest absolute Gasteiger partial charge is 0.292 e. The molecule has 5 nitrogen and oxygen atoms in total. The lowest BCUT2D eigenvalue weighted by Gasteiger charge is -2.28. The van der Waals surface area contributed by atoms with Crippen LogP contribution in [0.5, 0.6) is 0 Å². The van der Waals surface area contributed by atoms with Crippen LogP contribution in [0.25, 0.3) is 0 Å². The summed E-state index contributed by atoms with van der Waals surface area (Å²) in [7, 11) is 0. The van der Waals surface area contributed by atoms with Crippen LogP contribution in [0.15, 0.2) is 18.2 Å². The van der Waals surface area contributed by atoms with Gasteiger partial charge in [0.1, 0.15) is 5.69 Å². The quantitative estimate of drug-likeness (QED) is 0.487. The molecule has 0 heterocycles. The molecule has 0 aliphatic heterocycles. The summed E-state index contributed by atoms with van der Waals surface area (Å²) in [6, 6.07) is 5.45. The summed E-state index contributed by atoms with van der Waals surface area (Å²) in [5, 5.41) is 10.9. The predicted octanol–water partition coefficient (Wildman–Crippen LogP) is 3.04. The molecule has 0 radical (unpaired) electrons. The third-order valence-electron chi connectivity index (χ3n) is 3.01. The number of benzene rings is 1. The molecule has 106 valence electrons. The van der Waals surface area contributed by atoms with Gasteiger partial charge in [-0.05, 0) is 31.4 Å². The molecule has 0 saturated carbocycles. The first-order valence-electron chi connectivity index (χ1n) is 6.58. The Morgan fingerprint density at radius 1 is 1.32 bits per heavy atom. The Morgan fingerprint density at radius 3 is 2.42 bits per heavy atom. The molecule has 0 fully saturated rings. The van der Waals surface area contributed by atoms with E-state index in [1.54, 1.807) is 12.1 Å². The Balaban J connectivity index is 2.90. The molecule has 1 rings (SSSR count). The van der Waals surface area contributed by atoms with Gasteiger partial charge in [-0.2, -0.15) is 0 Å². The molecule has 1 aromatic rings.